The number of fused-ring (bicyclic) bond motifs is 5. The number of pyridine rings is 1. The zero-order chi connectivity index (χ0) is 23.2. The molecule has 0 N–H and O–H groups in total. The molecule has 0 amide bonds. The highest BCUT2D eigenvalue weighted by atomic mass is 16.5. The lowest BCUT2D eigenvalue weighted by Gasteiger charge is -2.60. The van der Waals surface area contributed by atoms with E-state index in [0.29, 0.717) is 28.7 Å². The second kappa shape index (κ2) is 8.82. The molecule has 4 fully saturated rings. The molecule has 0 aliphatic heterocycles. The van der Waals surface area contributed by atoms with Crippen molar-refractivity contribution >= 4 is 11.8 Å². The fourth-order valence-electron chi connectivity index (χ4n) is 8.45. The van der Waals surface area contributed by atoms with E-state index in [0.717, 1.165) is 63.2 Å². The van der Waals surface area contributed by atoms with Gasteiger partial charge in [0.25, 0.3) is 0 Å². The van der Waals surface area contributed by atoms with Crippen molar-refractivity contribution in [1.82, 2.24) is 4.98 Å². The molecule has 0 bridgehead atoms. The summed E-state index contributed by atoms with van der Waals surface area (Å²) >= 11 is 0. The van der Waals surface area contributed by atoms with Gasteiger partial charge in [0, 0.05) is 24.5 Å². The third kappa shape index (κ3) is 3.96. The van der Waals surface area contributed by atoms with Crippen molar-refractivity contribution in [1.29, 1.82) is 0 Å². The van der Waals surface area contributed by atoms with Crippen molar-refractivity contribution in [3.8, 4) is 0 Å². The molecule has 180 valence electrons. The second-order valence-corrected chi connectivity index (χ2v) is 12.1. The highest BCUT2D eigenvalue weighted by Gasteiger charge is 2.61. The van der Waals surface area contributed by atoms with Crippen LogP contribution in [0.1, 0.15) is 107 Å². The van der Waals surface area contributed by atoms with Crippen LogP contribution in [-0.2, 0) is 16.0 Å². The van der Waals surface area contributed by atoms with E-state index in [2.05, 4.69) is 25.8 Å². The molecule has 4 aliphatic carbocycles. The topological polar surface area (TPSA) is 56.3 Å². The van der Waals surface area contributed by atoms with Gasteiger partial charge in [0.15, 0.2) is 0 Å². The van der Waals surface area contributed by atoms with Crippen LogP contribution in [0.3, 0.4) is 0 Å². The van der Waals surface area contributed by atoms with Crippen molar-refractivity contribution in [2.75, 3.05) is 0 Å². The van der Waals surface area contributed by atoms with E-state index >= 15 is 0 Å². The molecule has 0 spiro atoms. The molecule has 4 saturated carbocycles. The summed E-state index contributed by atoms with van der Waals surface area (Å²) in [5.41, 5.74) is 2.03. The number of aryl methyl sites for hydroxylation is 1. The smallest absolute Gasteiger partial charge is 0.357 e. The Hall–Kier alpha value is -1.71. The molecular formula is C29H41NO3. The Labute approximate surface area is 199 Å². The Balaban J connectivity index is 1.27. The number of Topliss-reactive ketones (excluding diaryl/α,β-unsaturated/α-hetero) is 1. The third-order valence-corrected chi connectivity index (χ3v) is 10.5. The van der Waals surface area contributed by atoms with Crippen LogP contribution >= 0.6 is 0 Å². The van der Waals surface area contributed by atoms with Crippen LogP contribution < -0.4 is 0 Å². The molecule has 33 heavy (non-hydrogen) atoms. The van der Waals surface area contributed by atoms with Crippen LogP contribution in [0.2, 0.25) is 0 Å². The first-order valence-electron chi connectivity index (χ1n) is 13.5. The van der Waals surface area contributed by atoms with E-state index in [4.69, 9.17) is 4.74 Å². The lowest BCUT2D eigenvalue weighted by molar-refractivity contribution is -0.142. The lowest BCUT2D eigenvalue weighted by atomic mass is 9.45. The first-order valence-corrected chi connectivity index (χ1v) is 13.5. The maximum absolute atomic E-state index is 13.0. The summed E-state index contributed by atoms with van der Waals surface area (Å²) in [5.74, 6) is 2.90. The van der Waals surface area contributed by atoms with Crippen LogP contribution in [0.25, 0.3) is 0 Å². The van der Waals surface area contributed by atoms with Gasteiger partial charge in [-0.3, -0.25) is 4.79 Å². The summed E-state index contributed by atoms with van der Waals surface area (Å²) in [6.07, 6.45) is 14.8. The predicted octanol–water partition coefficient (Wildman–Crippen LogP) is 6.56. The van der Waals surface area contributed by atoms with E-state index in [-0.39, 0.29) is 17.5 Å². The zero-order valence-electron chi connectivity index (χ0n) is 20.8. The van der Waals surface area contributed by atoms with Gasteiger partial charge >= 0.3 is 5.97 Å². The molecular weight excluding hydrogens is 410 g/mol. The molecule has 1 aromatic heterocycles. The van der Waals surface area contributed by atoms with Gasteiger partial charge in [-0.1, -0.05) is 33.3 Å². The van der Waals surface area contributed by atoms with Gasteiger partial charge < -0.3 is 4.74 Å². The number of ketones is 1. The first-order chi connectivity index (χ1) is 15.8. The highest BCUT2D eigenvalue weighted by molar-refractivity contribution is 5.87. The van der Waals surface area contributed by atoms with E-state index in [1.54, 1.807) is 0 Å². The Morgan fingerprint density at radius 3 is 2.64 bits per heavy atom. The number of carbonyl (C=O) groups is 2. The number of hydrogen-bond donors (Lipinski definition) is 0. The van der Waals surface area contributed by atoms with Crippen molar-refractivity contribution < 1.29 is 14.3 Å². The Morgan fingerprint density at radius 1 is 1.06 bits per heavy atom. The van der Waals surface area contributed by atoms with Gasteiger partial charge in [-0.25, -0.2) is 9.78 Å². The molecule has 7 atom stereocenters. The minimum atomic E-state index is -0.257. The van der Waals surface area contributed by atoms with Gasteiger partial charge in [-0.15, -0.1) is 0 Å². The number of rotatable bonds is 5. The van der Waals surface area contributed by atoms with E-state index < -0.39 is 0 Å². The second-order valence-electron chi connectivity index (χ2n) is 12.1. The summed E-state index contributed by atoms with van der Waals surface area (Å²) in [4.78, 5) is 29.5. The molecule has 1 heterocycles. The van der Waals surface area contributed by atoms with Crippen molar-refractivity contribution in [3.05, 3.63) is 29.6 Å². The Morgan fingerprint density at radius 2 is 1.88 bits per heavy atom. The Bertz CT molecular complexity index is 895. The average molecular weight is 452 g/mol. The van der Waals surface area contributed by atoms with Gasteiger partial charge in [0.05, 0.1) is 0 Å². The number of aromatic nitrogens is 1. The number of esters is 1. The van der Waals surface area contributed by atoms with E-state index in [1.165, 1.54) is 31.2 Å². The molecule has 4 aliphatic rings. The Kier molecular flexibility index (Phi) is 6.16. The summed E-state index contributed by atoms with van der Waals surface area (Å²) in [7, 11) is 0. The number of unbranched alkanes of at least 4 members (excludes halogenated alkanes) is 1. The molecule has 1 aromatic rings. The van der Waals surface area contributed by atoms with E-state index in [9.17, 15) is 9.59 Å². The number of carbonyl (C=O) groups excluding carboxylic acids is 2. The zero-order valence-corrected chi connectivity index (χ0v) is 20.8. The summed E-state index contributed by atoms with van der Waals surface area (Å²) < 4.78 is 6.17. The molecule has 0 radical (unpaired) electrons. The lowest BCUT2D eigenvalue weighted by Crippen LogP contribution is -2.54. The van der Waals surface area contributed by atoms with Crippen molar-refractivity contribution in [3.63, 3.8) is 0 Å². The molecule has 5 rings (SSSR count). The van der Waals surface area contributed by atoms with Crippen LogP contribution in [0, 0.1) is 34.5 Å². The minimum absolute atomic E-state index is 0.00372. The van der Waals surface area contributed by atoms with Crippen molar-refractivity contribution in [2.45, 2.75) is 104 Å². The maximum atomic E-state index is 13.0. The number of nitrogens with zero attached hydrogens (tertiary/aromatic N) is 1. The SMILES string of the molecule is CCCCc1ccc(C(=O)O[C@H]2CC[C@H]3[C@@H]4CC[C@H]5CC(=O)CC[C@]5(C)[C@H]4CC[C@]23C)nc1. The van der Waals surface area contributed by atoms with Crippen LogP contribution in [0.4, 0.5) is 0 Å². The standard InChI is InChI=1S/C29H41NO3/c1-4-5-6-19-7-11-25(30-18-19)27(32)33-26-12-10-23-22-9-8-20-17-21(31)13-15-28(20,2)24(22)14-16-29(23,26)3/h7,11,18,20,22-24,26H,4-6,8-10,12-17H2,1-3H3/t20-,22-,23-,24-,26-,28-,29-/m0/s1. The molecule has 0 saturated heterocycles. The predicted molar refractivity (Wildman–Crippen MR) is 129 cm³/mol. The van der Waals surface area contributed by atoms with Crippen LogP contribution in [0.15, 0.2) is 18.3 Å². The molecule has 4 heteroatoms. The summed E-state index contributed by atoms with van der Waals surface area (Å²) in [6, 6.07) is 3.86. The summed E-state index contributed by atoms with van der Waals surface area (Å²) in [6.45, 7) is 7.06. The monoisotopic (exact) mass is 451 g/mol. The van der Waals surface area contributed by atoms with E-state index in [1.807, 2.05) is 18.3 Å². The van der Waals surface area contributed by atoms with Gasteiger partial charge in [-0.05, 0) is 98.5 Å². The van der Waals surface area contributed by atoms with Crippen molar-refractivity contribution in [2.24, 2.45) is 34.5 Å². The normalized spacial score (nSPS) is 40.0. The molecule has 0 unspecified atom stereocenters. The third-order valence-electron chi connectivity index (χ3n) is 10.5. The average Bonchev–Trinajstić information content (AvgIpc) is 3.14. The van der Waals surface area contributed by atoms with Crippen LogP contribution in [-0.4, -0.2) is 22.8 Å². The number of hydrogen-bond acceptors (Lipinski definition) is 4. The first kappa shape index (κ1) is 23.1. The molecule has 4 nitrogen and oxygen atoms in total. The fourth-order valence-corrected chi connectivity index (χ4v) is 8.45. The largest absolute Gasteiger partial charge is 0.457 e. The van der Waals surface area contributed by atoms with Gasteiger partial charge in [0.2, 0.25) is 0 Å². The molecule has 0 aromatic carbocycles. The summed E-state index contributed by atoms with van der Waals surface area (Å²) in [5, 5.41) is 0. The highest BCUT2D eigenvalue weighted by Crippen LogP contribution is 2.66. The number of ether oxygens (including phenoxy) is 1. The van der Waals surface area contributed by atoms with Crippen LogP contribution in [0.5, 0.6) is 0 Å². The quantitative estimate of drug-likeness (QED) is 0.476. The van der Waals surface area contributed by atoms with Gasteiger partial charge in [0.1, 0.15) is 17.6 Å². The fraction of sp³-hybridized carbons (Fsp3) is 0.759. The van der Waals surface area contributed by atoms with Gasteiger partial charge in [-0.2, -0.15) is 0 Å². The maximum Gasteiger partial charge on any atom is 0.357 e. The minimum Gasteiger partial charge on any atom is -0.457 e.